The molecular weight excluding hydrogens is 869 g/mol. The van der Waals surface area contributed by atoms with Gasteiger partial charge in [-0.05, 0) is 88.3 Å². The molecule has 4 aliphatic rings. The molecule has 0 radical (unpaired) electrons. The molecule has 5 heterocycles. The van der Waals surface area contributed by atoms with Crippen molar-refractivity contribution in [1.29, 1.82) is 0 Å². The van der Waals surface area contributed by atoms with Crippen LogP contribution in [0.15, 0.2) is 66.9 Å². The summed E-state index contributed by atoms with van der Waals surface area (Å²) < 4.78 is 24.8. The minimum absolute atomic E-state index is 0.201. The van der Waals surface area contributed by atoms with Crippen LogP contribution in [0.1, 0.15) is 67.3 Å². The number of aromatic nitrogens is 2. The van der Waals surface area contributed by atoms with Gasteiger partial charge in [-0.3, -0.25) is 29.4 Å². The third-order valence-electron chi connectivity index (χ3n) is 12.8. The number of rotatable bonds is 16. The maximum absolute atomic E-state index is 13.2. The first-order chi connectivity index (χ1) is 31.4. The molecule has 4 amide bonds. The fourth-order valence-corrected chi connectivity index (χ4v) is 10.5. The molecule has 8 rings (SSSR count). The number of piperidine rings is 2. The van der Waals surface area contributed by atoms with Gasteiger partial charge >= 0.3 is 0 Å². The molecule has 3 fully saturated rings. The number of fused-ring (bicyclic) bond motifs is 1. The minimum Gasteiger partial charge on any atom is -0.494 e. The summed E-state index contributed by atoms with van der Waals surface area (Å²) in [6.07, 6.45) is 7.03. The molecule has 1 aromatic heterocycles. The number of nitrogens with one attached hydrogen (secondary N) is 3. The zero-order chi connectivity index (χ0) is 45.7. The Labute approximate surface area is 384 Å². The van der Waals surface area contributed by atoms with Crippen LogP contribution in [-0.2, 0) is 25.5 Å². The number of carbonyl (C=O) groups excluding carboxylic acids is 4. The molecule has 3 aromatic carbocycles. The van der Waals surface area contributed by atoms with Crippen molar-refractivity contribution < 1.29 is 33.2 Å². The van der Waals surface area contributed by atoms with Crippen LogP contribution in [0.4, 0.5) is 28.8 Å². The monoisotopic (exact) mass is 925 g/mol. The molecule has 3 N–H and O–H groups in total. The summed E-state index contributed by atoms with van der Waals surface area (Å²) in [5, 5.41) is 9.90. The number of piperazine rings is 1. The smallest absolute Gasteiger partial charge is 0.255 e. The van der Waals surface area contributed by atoms with Crippen molar-refractivity contribution in [2.45, 2.75) is 70.0 Å². The number of halogens is 1. The number of carbonyl (C=O) groups is 4. The molecule has 4 aliphatic heterocycles. The van der Waals surface area contributed by atoms with Crippen molar-refractivity contribution in [2.75, 3.05) is 81.8 Å². The number of ether oxygens (including phenoxy) is 2. The molecule has 16 nitrogen and oxygen atoms in total. The summed E-state index contributed by atoms with van der Waals surface area (Å²) in [7, 11) is -0.916. The number of para-hydroxylation sites is 1. The lowest BCUT2D eigenvalue weighted by molar-refractivity contribution is -0.137. The number of nitrogens with zero attached hydrogens (tertiary/aromatic N) is 6. The third kappa shape index (κ3) is 10.7. The van der Waals surface area contributed by atoms with E-state index in [9.17, 15) is 23.7 Å². The number of benzene rings is 3. The summed E-state index contributed by atoms with van der Waals surface area (Å²) in [5.74, 6) is 1.25. The fraction of sp³-hybridized carbons (Fsp3) is 0.447. The number of imide groups is 1. The van der Waals surface area contributed by atoms with Gasteiger partial charge in [0.15, 0.2) is 5.82 Å². The Morgan fingerprint density at radius 3 is 2.43 bits per heavy atom. The molecule has 3 saturated heterocycles. The van der Waals surface area contributed by atoms with Gasteiger partial charge < -0.3 is 39.4 Å². The maximum atomic E-state index is 13.2. The number of methoxy groups -OCH3 is 1. The summed E-state index contributed by atoms with van der Waals surface area (Å²) >= 11 is 6.48. The van der Waals surface area contributed by atoms with E-state index in [1.807, 2.05) is 47.4 Å². The zero-order valence-electron chi connectivity index (χ0n) is 37.2. The van der Waals surface area contributed by atoms with Gasteiger partial charge in [0.2, 0.25) is 23.7 Å². The van der Waals surface area contributed by atoms with Gasteiger partial charge in [-0.2, -0.15) is 4.98 Å². The zero-order valence-corrected chi connectivity index (χ0v) is 38.8. The highest BCUT2D eigenvalue weighted by molar-refractivity contribution is 7.70. The molecule has 4 aromatic rings. The second-order valence-electron chi connectivity index (χ2n) is 17.4. The molecule has 344 valence electrons. The van der Waals surface area contributed by atoms with Gasteiger partial charge in [-0.1, -0.05) is 29.8 Å². The highest BCUT2D eigenvalue weighted by Gasteiger charge is 2.40. The van der Waals surface area contributed by atoms with Crippen molar-refractivity contribution >= 4 is 76.5 Å². The molecule has 1 atom stereocenters. The van der Waals surface area contributed by atoms with E-state index in [-0.39, 0.29) is 30.7 Å². The Morgan fingerprint density at radius 1 is 0.892 bits per heavy atom. The topological polar surface area (TPSA) is 179 Å². The normalized spacial score (nSPS) is 18.4. The molecule has 0 aliphatic carbocycles. The van der Waals surface area contributed by atoms with E-state index in [0.29, 0.717) is 76.0 Å². The highest BCUT2D eigenvalue weighted by atomic mass is 35.5. The van der Waals surface area contributed by atoms with Crippen molar-refractivity contribution in [2.24, 2.45) is 0 Å². The molecule has 18 heteroatoms. The van der Waals surface area contributed by atoms with Crippen molar-refractivity contribution in [1.82, 2.24) is 30.0 Å². The van der Waals surface area contributed by atoms with E-state index in [0.717, 1.165) is 82.6 Å². The van der Waals surface area contributed by atoms with E-state index in [2.05, 4.69) is 41.8 Å². The van der Waals surface area contributed by atoms with Crippen LogP contribution in [-0.4, -0.2) is 127 Å². The van der Waals surface area contributed by atoms with Gasteiger partial charge in [0.05, 0.1) is 37.8 Å². The molecule has 65 heavy (non-hydrogen) atoms. The molecular formula is C47H57ClN9O7P. The Morgan fingerprint density at radius 2 is 1.68 bits per heavy atom. The Hall–Kier alpha value is -5.70. The van der Waals surface area contributed by atoms with E-state index in [1.54, 1.807) is 32.6 Å². The number of hydrogen-bond donors (Lipinski definition) is 3. The van der Waals surface area contributed by atoms with Crippen molar-refractivity contribution in [3.05, 3.63) is 83.0 Å². The summed E-state index contributed by atoms with van der Waals surface area (Å²) in [6, 6.07) is 18.7. The number of anilines is 5. The second-order valence-corrected chi connectivity index (χ2v) is 21.0. The predicted molar refractivity (Wildman–Crippen MR) is 252 cm³/mol. The Balaban J connectivity index is 0.745. The van der Waals surface area contributed by atoms with Crippen molar-refractivity contribution in [3.63, 3.8) is 0 Å². The third-order valence-corrected chi connectivity index (χ3v) is 14.6. The first kappa shape index (κ1) is 45.9. The lowest BCUT2D eigenvalue weighted by Gasteiger charge is -2.43. The number of unbranched alkanes of at least 4 members (excludes halogenated alkanes) is 2. The molecule has 1 unspecified atom stereocenters. The van der Waals surface area contributed by atoms with Crippen LogP contribution in [0.2, 0.25) is 5.02 Å². The SMILES string of the molecule is COc1cc(N2CCC(N3CCN(C(=O)CCCCCOc4cccc5c4CN(C4CCC(=O)NC4=O)C5=O)CC3)CC2)ccc1Nc1ncc(Cl)c(Nc2ccccc2P(C)(C)=O)n1. The molecule has 0 spiro atoms. The lowest BCUT2D eigenvalue weighted by atomic mass is 10.0. The van der Waals surface area contributed by atoms with Crippen LogP contribution >= 0.6 is 18.7 Å². The summed E-state index contributed by atoms with van der Waals surface area (Å²) in [4.78, 5) is 67.8. The van der Waals surface area contributed by atoms with Gasteiger partial charge in [0.25, 0.3) is 5.91 Å². The first-order valence-electron chi connectivity index (χ1n) is 22.4. The maximum Gasteiger partial charge on any atom is 0.255 e. The van der Waals surface area contributed by atoms with E-state index >= 15 is 0 Å². The van der Waals surface area contributed by atoms with Crippen LogP contribution < -0.4 is 35.6 Å². The van der Waals surface area contributed by atoms with Gasteiger partial charge in [0, 0.05) is 86.3 Å². The van der Waals surface area contributed by atoms with E-state index in [4.69, 9.17) is 21.1 Å². The average molecular weight is 926 g/mol. The quantitative estimate of drug-likeness (QED) is 0.0641. The van der Waals surface area contributed by atoms with Crippen LogP contribution in [0.5, 0.6) is 11.5 Å². The summed E-state index contributed by atoms with van der Waals surface area (Å²) in [5.41, 5.74) is 3.76. The Kier molecular flexibility index (Phi) is 14.3. The standard InChI is InChI=1S/C47H57ClN9O7P/c1-63-40-28-32(15-16-36(40)51-47-49-29-35(48)44(53-47)50-37-11-6-7-13-41(37)65(2,3)62)54-21-19-31(20-22-54)55-23-25-56(26-24-55)43(59)14-5-4-8-27-64-39-12-9-10-33-34(39)30-57(46(33)61)38-17-18-42(58)52-45(38)60/h6-7,9-13,15-16,28-29,31,38H,4-5,8,14,17-27,30H2,1-3H3,(H,52,58,60)(H2,49,50,51,53). The van der Waals surface area contributed by atoms with Gasteiger partial charge in [-0.15, -0.1) is 0 Å². The van der Waals surface area contributed by atoms with Crippen LogP contribution in [0, 0.1) is 0 Å². The fourth-order valence-electron chi connectivity index (χ4n) is 9.21. The number of hydrogen-bond acceptors (Lipinski definition) is 13. The largest absolute Gasteiger partial charge is 0.494 e. The van der Waals surface area contributed by atoms with Gasteiger partial charge in [0.1, 0.15) is 29.7 Å². The Bertz CT molecular complexity index is 2470. The molecule has 0 saturated carbocycles. The van der Waals surface area contributed by atoms with Crippen LogP contribution in [0.25, 0.3) is 0 Å². The van der Waals surface area contributed by atoms with E-state index in [1.165, 1.54) is 11.1 Å². The van der Waals surface area contributed by atoms with Crippen molar-refractivity contribution in [3.8, 4) is 11.5 Å². The first-order valence-corrected chi connectivity index (χ1v) is 25.4. The lowest BCUT2D eigenvalue weighted by Crippen LogP contribution is -2.54. The average Bonchev–Trinajstić information content (AvgIpc) is 3.64. The van der Waals surface area contributed by atoms with Crippen LogP contribution in [0.3, 0.4) is 0 Å². The highest BCUT2D eigenvalue weighted by Crippen LogP contribution is 2.39. The van der Waals surface area contributed by atoms with E-state index < -0.39 is 19.1 Å². The molecule has 0 bridgehead atoms. The number of amides is 4. The summed E-state index contributed by atoms with van der Waals surface area (Å²) in [6.45, 7) is 9.24. The minimum atomic E-state index is -2.56. The van der Waals surface area contributed by atoms with Gasteiger partial charge in [-0.25, -0.2) is 4.98 Å². The predicted octanol–water partition coefficient (Wildman–Crippen LogP) is 6.39. The second kappa shape index (κ2) is 20.2.